The predicted molar refractivity (Wildman–Crippen MR) is 93.2 cm³/mol. The molecule has 0 spiro atoms. The minimum atomic E-state index is -0.599. The Labute approximate surface area is 148 Å². The van der Waals surface area contributed by atoms with E-state index in [0.29, 0.717) is 12.4 Å². The summed E-state index contributed by atoms with van der Waals surface area (Å²) in [6, 6.07) is 9.40. The quantitative estimate of drug-likeness (QED) is 0.538. The number of nitrogens with zero attached hydrogens (tertiary/aromatic N) is 4. The van der Waals surface area contributed by atoms with Crippen molar-refractivity contribution in [1.82, 2.24) is 14.8 Å². The molecule has 0 saturated carbocycles. The van der Waals surface area contributed by atoms with Crippen LogP contribution < -0.4 is 10.1 Å². The lowest BCUT2D eigenvalue weighted by Crippen LogP contribution is -2.13. The molecule has 0 aliphatic rings. The van der Waals surface area contributed by atoms with E-state index in [2.05, 4.69) is 15.4 Å². The molecular formula is C17H15N5O4. The van der Waals surface area contributed by atoms with Gasteiger partial charge in [0.25, 0.3) is 5.91 Å². The van der Waals surface area contributed by atoms with Crippen LogP contribution in [0.3, 0.4) is 0 Å². The van der Waals surface area contributed by atoms with Crippen LogP contribution >= 0.6 is 0 Å². The molecule has 0 bridgehead atoms. The molecule has 2 heterocycles. The van der Waals surface area contributed by atoms with Gasteiger partial charge in [-0.25, -0.2) is 0 Å². The number of aromatic nitrogens is 3. The van der Waals surface area contributed by atoms with Crippen LogP contribution in [0.1, 0.15) is 15.9 Å². The van der Waals surface area contributed by atoms with Gasteiger partial charge in [0.15, 0.2) is 11.6 Å². The van der Waals surface area contributed by atoms with Crippen LogP contribution in [0.25, 0.3) is 0 Å². The van der Waals surface area contributed by atoms with E-state index in [1.807, 2.05) is 12.1 Å². The van der Waals surface area contributed by atoms with Gasteiger partial charge >= 0.3 is 5.69 Å². The van der Waals surface area contributed by atoms with Gasteiger partial charge in [-0.2, -0.15) is 5.10 Å². The van der Waals surface area contributed by atoms with E-state index in [0.717, 1.165) is 5.56 Å². The molecule has 3 rings (SSSR count). The number of carbonyl (C=O) groups excluding carboxylic acids is 1. The fraction of sp³-hybridized carbons (Fsp3) is 0.118. The summed E-state index contributed by atoms with van der Waals surface area (Å²) in [5, 5.41) is 17.9. The number of nitro groups is 1. The summed E-state index contributed by atoms with van der Waals surface area (Å²) in [5.41, 5.74) is 0.834. The second-order valence-electron chi connectivity index (χ2n) is 5.36. The molecule has 2 aromatic heterocycles. The average Bonchev–Trinajstić information content (AvgIpc) is 3.08. The Kier molecular flexibility index (Phi) is 4.88. The Morgan fingerprint density at radius 2 is 2.19 bits per heavy atom. The molecule has 0 atom stereocenters. The number of methoxy groups -OCH3 is 1. The van der Waals surface area contributed by atoms with Gasteiger partial charge in [0, 0.05) is 36.3 Å². The number of rotatable bonds is 6. The molecule has 9 nitrogen and oxygen atoms in total. The van der Waals surface area contributed by atoms with Crippen LogP contribution in [-0.4, -0.2) is 32.7 Å². The standard InChI is InChI=1S/C17H15N5O4/c1-26-15-5-4-13(9-14(15)22(24)25)17(23)19-16-6-8-21(20-16)11-12-3-2-7-18-10-12/h2-10H,11H2,1H3,(H,19,20,23). The fourth-order valence-electron chi connectivity index (χ4n) is 2.36. The molecule has 9 heteroatoms. The minimum Gasteiger partial charge on any atom is -0.490 e. The van der Waals surface area contributed by atoms with Gasteiger partial charge < -0.3 is 10.1 Å². The third kappa shape index (κ3) is 3.83. The predicted octanol–water partition coefficient (Wildman–Crippen LogP) is 2.50. The summed E-state index contributed by atoms with van der Waals surface area (Å²) in [6.07, 6.45) is 5.14. The first-order valence-corrected chi connectivity index (χ1v) is 7.63. The van der Waals surface area contributed by atoms with Crippen molar-refractivity contribution in [2.75, 3.05) is 12.4 Å². The molecule has 1 aromatic carbocycles. The monoisotopic (exact) mass is 353 g/mol. The zero-order valence-corrected chi connectivity index (χ0v) is 13.8. The van der Waals surface area contributed by atoms with Crippen molar-refractivity contribution in [2.45, 2.75) is 6.54 Å². The van der Waals surface area contributed by atoms with Crippen LogP contribution in [0.5, 0.6) is 5.75 Å². The van der Waals surface area contributed by atoms with Gasteiger partial charge in [0.2, 0.25) is 0 Å². The van der Waals surface area contributed by atoms with Crippen molar-refractivity contribution in [3.8, 4) is 5.75 Å². The Hall–Kier alpha value is -3.75. The van der Waals surface area contributed by atoms with Gasteiger partial charge in [-0.3, -0.25) is 24.6 Å². The van der Waals surface area contributed by atoms with Gasteiger partial charge in [-0.1, -0.05) is 6.07 Å². The Morgan fingerprint density at radius 3 is 2.88 bits per heavy atom. The number of amides is 1. The number of pyridine rings is 1. The molecule has 0 aliphatic heterocycles. The maximum absolute atomic E-state index is 12.3. The lowest BCUT2D eigenvalue weighted by molar-refractivity contribution is -0.385. The number of nitro benzene ring substituents is 1. The van der Waals surface area contributed by atoms with Crippen molar-refractivity contribution < 1.29 is 14.5 Å². The summed E-state index contributed by atoms with van der Waals surface area (Å²) < 4.78 is 6.58. The van der Waals surface area contributed by atoms with Crippen molar-refractivity contribution in [2.24, 2.45) is 0 Å². The second kappa shape index (κ2) is 7.43. The summed E-state index contributed by atoms with van der Waals surface area (Å²) in [7, 11) is 1.33. The summed E-state index contributed by atoms with van der Waals surface area (Å²) in [6.45, 7) is 0.512. The van der Waals surface area contributed by atoms with Crippen LogP contribution in [-0.2, 0) is 6.54 Å². The molecule has 26 heavy (non-hydrogen) atoms. The zero-order chi connectivity index (χ0) is 18.5. The van der Waals surface area contributed by atoms with Gasteiger partial charge in [-0.05, 0) is 23.8 Å². The minimum absolute atomic E-state index is 0.0901. The van der Waals surface area contributed by atoms with Gasteiger partial charge in [-0.15, -0.1) is 0 Å². The van der Waals surface area contributed by atoms with Crippen molar-refractivity contribution in [1.29, 1.82) is 0 Å². The van der Waals surface area contributed by atoms with E-state index in [9.17, 15) is 14.9 Å². The molecule has 132 valence electrons. The van der Waals surface area contributed by atoms with E-state index in [1.165, 1.54) is 25.3 Å². The first kappa shape index (κ1) is 17.1. The molecule has 3 aromatic rings. The number of benzene rings is 1. The van der Waals surface area contributed by atoms with E-state index >= 15 is 0 Å². The van der Waals surface area contributed by atoms with Crippen LogP contribution in [0.15, 0.2) is 55.0 Å². The average molecular weight is 353 g/mol. The Morgan fingerprint density at radius 1 is 1.35 bits per heavy atom. The van der Waals surface area contributed by atoms with E-state index in [4.69, 9.17) is 4.74 Å². The second-order valence-corrected chi connectivity index (χ2v) is 5.36. The summed E-state index contributed by atoms with van der Waals surface area (Å²) in [5.74, 6) is -0.0629. The molecule has 1 amide bonds. The van der Waals surface area contributed by atoms with Crippen LogP contribution in [0, 0.1) is 10.1 Å². The number of anilines is 1. The highest BCUT2D eigenvalue weighted by molar-refractivity contribution is 6.04. The molecule has 1 N–H and O–H groups in total. The third-order valence-electron chi connectivity index (χ3n) is 3.59. The smallest absolute Gasteiger partial charge is 0.311 e. The number of hydrogen-bond acceptors (Lipinski definition) is 6. The number of carbonyl (C=O) groups is 1. The summed E-state index contributed by atoms with van der Waals surface area (Å²) in [4.78, 5) is 26.8. The number of ether oxygens (including phenoxy) is 1. The molecule has 0 unspecified atom stereocenters. The Balaban J connectivity index is 1.72. The van der Waals surface area contributed by atoms with Crippen LogP contribution in [0.4, 0.5) is 11.5 Å². The van der Waals surface area contributed by atoms with Crippen molar-refractivity contribution in [3.63, 3.8) is 0 Å². The highest BCUT2D eigenvalue weighted by Crippen LogP contribution is 2.27. The molecule has 0 radical (unpaired) electrons. The first-order chi connectivity index (χ1) is 12.6. The molecule has 0 fully saturated rings. The molecular weight excluding hydrogens is 338 g/mol. The van der Waals surface area contributed by atoms with Crippen LogP contribution in [0.2, 0.25) is 0 Å². The SMILES string of the molecule is COc1ccc(C(=O)Nc2ccn(Cc3cccnc3)n2)cc1[N+](=O)[O-]. The molecule has 0 aliphatic carbocycles. The Bertz CT molecular complexity index is 939. The highest BCUT2D eigenvalue weighted by atomic mass is 16.6. The van der Waals surface area contributed by atoms with E-state index in [-0.39, 0.29) is 17.0 Å². The first-order valence-electron chi connectivity index (χ1n) is 7.63. The number of hydrogen-bond donors (Lipinski definition) is 1. The number of nitrogens with one attached hydrogen (secondary N) is 1. The van der Waals surface area contributed by atoms with Gasteiger partial charge in [0.05, 0.1) is 18.6 Å². The zero-order valence-electron chi connectivity index (χ0n) is 13.8. The largest absolute Gasteiger partial charge is 0.490 e. The van der Waals surface area contributed by atoms with E-state index < -0.39 is 10.8 Å². The highest BCUT2D eigenvalue weighted by Gasteiger charge is 2.18. The van der Waals surface area contributed by atoms with E-state index in [1.54, 1.807) is 29.3 Å². The summed E-state index contributed by atoms with van der Waals surface area (Å²) >= 11 is 0. The lowest BCUT2D eigenvalue weighted by atomic mass is 10.1. The van der Waals surface area contributed by atoms with Crippen molar-refractivity contribution >= 4 is 17.4 Å². The fourth-order valence-corrected chi connectivity index (χ4v) is 2.36. The third-order valence-corrected chi connectivity index (χ3v) is 3.59. The maximum atomic E-state index is 12.3. The lowest BCUT2D eigenvalue weighted by Gasteiger charge is -2.05. The normalized spacial score (nSPS) is 10.3. The molecule has 0 saturated heterocycles. The van der Waals surface area contributed by atoms with Crippen molar-refractivity contribution in [3.05, 3.63) is 76.2 Å². The topological polar surface area (TPSA) is 112 Å². The maximum Gasteiger partial charge on any atom is 0.311 e. The van der Waals surface area contributed by atoms with Gasteiger partial charge in [0.1, 0.15) is 0 Å².